The average Bonchev–Trinajstić information content (AvgIpc) is 2.64. The van der Waals surface area contributed by atoms with E-state index in [0.29, 0.717) is 22.0 Å². The van der Waals surface area contributed by atoms with Crippen molar-refractivity contribution in [3.8, 4) is 11.8 Å². The molecule has 0 radical (unpaired) electrons. The SMILES string of the molecule is Cc1ccc(C(=O)NC2C(C)(C)C(Oc3ccc(C#N)c(Cl)c3)C2(C)C)nc1. The number of carbonyl (C=O) groups is 1. The molecule has 6 heteroatoms. The molecule has 1 aliphatic carbocycles. The molecule has 28 heavy (non-hydrogen) atoms. The van der Waals surface area contributed by atoms with Gasteiger partial charge >= 0.3 is 0 Å². The van der Waals surface area contributed by atoms with E-state index in [1.807, 2.05) is 19.1 Å². The highest BCUT2D eigenvalue weighted by Crippen LogP contribution is 2.55. The molecule has 1 aliphatic rings. The van der Waals surface area contributed by atoms with Gasteiger partial charge in [-0.3, -0.25) is 9.78 Å². The van der Waals surface area contributed by atoms with Crippen LogP contribution in [-0.4, -0.2) is 23.0 Å². The summed E-state index contributed by atoms with van der Waals surface area (Å²) in [4.78, 5) is 16.9. The maximum absolute atomic E-state index is 12.7. The maximum atomic E-state index is 12.7. The fraction of sp³-hybridized carbons (Fsp3) is 0.409. The second kappa shape index (κ2) is 7.10. The van der Waals surface area contributed by atoms with Crippen molar-refractivity contribution in [2.75, 3.05) is 0 Å². The third-order valence-corrected chi connectivity index (χ3v) is 5.89. The van der Waals surface area contributed by atoms with Crippen LogP contribution in [0.4, 0.5) is 0 Å². The van der Waals surface area contributed by atoms with Crippen molar-refractivity contribution < 1.29 is 9.53 Å². The quantitative estimate of drug-likeness (QED) is 0.822. The average molecular weight is 398 g/mol. The van der Waals surface area contributed by atoms with Gasteiger partial charge in [0.25, 0.3) is 5.91 Å². The summed E-state index contributed by atoms with van der Waals surface area (Å²) in [5.74, 6) is 0.422. The first-order chi connectivity index (χ1) is 13.1. The summed E-state index contributed by atoms with van der Waals surface area (Å²) in [6.07, 6.45) is 1.55. The molecule has 1 aromatic heterocycles. The minimum Gasteiger partial charge on any atom is -0.489 e. The normalized spacial score (nSPS) is 21.9. The molecule has 5 nitrogen and oxygen atoms in total. The lowest BCUT2D eigenvalue weighted by atomic mass is 9.49. The van der Waals surface area contributed by atoms with Gasteiger partial charge < -0.3 is 10.1 Å². The number of ether oxygens (including phenoxy) is 1. The highest BCUT2D eigenvalue weighted by atomic mass is 35.5. The summed E-state index contributed by atoms with van der Waals surface area (Å²) < 4.78 is 6.23. The zero-order valence-corrected chi connectivity index (χ0v) is 17.5. The van der Waals surface area contributed by atoms with Crippen LogP contribution in [0.5, 0.6) is 5.75 Å². The highest BCUT2D eigenvalue weighted by molar-refractivity contribution is 6.31. The molecule has 1 N–H and O–H groups in total. The third-order valence-electron chi connectivity index (χ3n) is 5.57. The third kappa shape index (κ3) is 3.45. The Balaban J connectivity index is 1.76. The number of nitrogens with zero attached hydrogens (tertiary/aromatic N) is 2. The first-order valence-electron chi connectivity index (χ1n) is 9.17. The largest absolute Gasteiger partial charge is 0.489 e. The Morgan fingerprint density at radius 1 is 1.21 bits per heavy atom. The van der Waals surface area contributed by atoms with Crippen molar-refractivity contribution in [1.82, 2.24) is 10.3 Å². The molecule has 0 atom stereocenters. The van der Waals surface area contributed by atoms with Crippen molar-refractivity contribution >= 4 is 17.5 Å². The first-order valence-corrected chi connectivity index (χ1v) is 9.55. The minimum atomic E-state index is -0.301. The summed E-state index contributed by atoms with van der Waals surface area (Å²) in [5.41, 5.74) is 1.22. The monoisotopic (exact) mass is 397 g/mol. The Hall–Kier alpha value is -2.58. The van der Waals surface area contributed by atoms with Crippen LogP contribution in [0, 0.1) is 29.1 Å². The van der Waals surface area contributed by atoms with Crippen molar-refractivity contribution in [1.29, 1.82) is 5.26 Å². The van der Waals surface area contributed by atoms with Crippen LogP contribution >= 0.6 is 11.6 Å². The van der Waals surface area contributed by atoms with Gasteiger partial charge in [-0.05, 0) is 30.7 Å². The lowest BCUT2D eigenvalue weighted by Gasteiger charge is -2.63. The molecule has 1 heterocycles. The van der Waals surface area contributed by atoms with E-state index in [1.165, 1.54) is 0 Å². The number of amides is 1. The molecule has 0 bridgehead atoms. The van der Waals surface area contributed by atoms with Gasteiger partial charge in [0.05, 0.1) is 10.6 Å². The molecule has 0 saturated heterocycles. The molecule has 1 fully saturated rings. The second-order valence-corrected chi connectivity index (χ2v) is 8.93. The van der Waals surface area contributed by atoms with Gasteiger partial charge in [0.1, 0.15) is 23.6 Å². The van der Waals surface area contributed by atoms with E-state index < -0.39 is 0 Å². The minimum absolute atomic E-state index is 0.0885. The zero-order valence-electron chi connectivity index (χ0n) is 16.7. The molecule has 0 spiro atoms. The number of aromatic nitrogens is 1. The summed E-state index contributed by atoms with van der Waals surface area (Å²) in [5, 5.41) is 12.5. The van der Waals surface area contributed by atoms with E-state index in [-0.39, 0.29) is 28.9 Å². The Kier molecular flexibility index (Phi) is 5.12. The van der Waals surface area contributed by atoms with Gasteiger partial charge in [-0.25, -0.2) is 0 Å². The van der Waals surface area contributed by atoms with Crippen LogP contribution in [0.2, 0.25) is 5.02 Å². The molecule has 0 aliphatic heterocycles. The number of nitriles is 1. The summed E-state index contributed by atoms with van der Waals surface area (Å²) >= 11 is 6.13. The first kappa shape index (κ1) is 20.2. The van der Waals surface area contributed by atoms with Crippen LogP contribution in [0.15, 0.2) is 36.5 Å². The number of halogens is 1. The van der Waals surface area contributed by atoms with E-state index in [4.69, 9.17) is 21.6 Å². The number of aryl methyl sites for hydroxylation is 1. The number of hydrogen-bond donors (Lipinski definition) is 1. The molecule has 0 unspecified atom stereocenters. The molecule has 146 valence electrons. The van der Waals surface area contributed by atoms with E-state index in [9.17, 15) is 4.79 Å². The second-order valence-electron chi connectivity index (χ2n) is 8.52. The van der Waals surface area contributed by atoms with Crippen molar-refractivity contribution in [2.24, 2.45) is 10.8 Å². The van der Waals surface area contributed by atoms with E-state index >= 15 is 0 Å². The lowest BCUT2D eigenvalue weighted by Crippen LogP contribution is -2.74. The van der Waals surface area contributed by atoms with Crippen molar-refractivity contribution in [3.63, 3.8) is 0 Å². The molecule has 1 aromatic carbocycles. The number of rotatable bonds is 4. The van der Waals surface area contributed by atoms with Gasteiger partial charge in [-0.2, -0.15) is 5.26 Å². The highest BCUT2D eigenvalue weighted by Gasteiger charge is 2.64. The van der Waals surface area contributed by atoms with Crippen LogP contribution in [0.1, 0.15) is 49.3 Å². The van der Waals surface area contributed by atoms with Gasteiger partial charge in [0, 0.05) is 29.1 Å². The number of pyridine rings is 1. The van der Waals surface area contributed by atoms with E-state index in [0.717, 1.165) is 5.56 Å². The smallest absolute Gasteiger partial charge is 0.270 e. The molecule has 1 amide bonds. The zero-order chi connectivity index (χ0) is 20.7. The Bertz CT molecular complexity index is 929. The molecule has 1 saturated carbocycles. The lowest BCUT2D eigenvalue weighted by molar-refractivity contribution is -0.164. The number of hydrogen-bond acceptors (Lipinski definition) is 4. The molecular weight excluding hydrogens is 374 g/mol. The number of benzene rings is 1. The molecule has 3 rings (SSSR count). The fourth-order valence-corrected chi connectivity index (χ4v) is 4.62. The molecule has 2 aromatic rings. The van der Waals surface area contributed by atoms with E-state index in [2.05, 4.69) is 38.0 Å². The summed E-state index contributed by atoms with van der Waals surface area (Å²) in [6.45, 7) is 10.2. The van der Waals surface area contributed by atoms with Gasteiger partial charge in [0.15, 0.2) is 0 Å². The maximum Gasteiger partial charge on any atom is 0.270 e. The predicted molar refractivity (Wildman–Crippen MR) is 108 cm³/mol. The topological polar surface area (TPSA) is 75.0 Å². The number of nitrogens with one attached hydrogen (secondary N) is 1. The van der Waals surface area contributed by atoms with Crippen LogP contribution in [-0.2, 0) is 0 Å². The van der Waals surface area contributed by atoms with Crippen LogP contribution in [0.25, 0.3) is 0 Å². The predicted octanol–water partition coefficient (Wildman–Crippen LogP) is 4.53. The van der Waals surface area contributed by atoms with Gasteiger partial charge in [-0.1, -0.05) is 45.4 Å². The number of carbonyl (C=O) groups excluding carboxylic acids is 1. The van der Waals surface area contributed by atoms with Crippen LogP contribution in [0.3, 0.4) is 0 Å². The summed E-state index contributed by atoms with van der Waals surface area (Å²) in [7, 11) is 0. The standard InChI is InChI=1S/C22H24ClN3O2/c1-13-6-9-17(25-12-13)18(27)26-19-21(2,3)20(22(19,4)5)28-15-8-7-14(11-24)16(23)10-15/h6-10,12,19-20H,1-5H3,(H,26,27). The molecular formula is C22H24ClN3O2. The van der Waals surface area contributed by atoms with Crippen molar-refractivity contribution in [3.05, 3.63) is 58.4 Å². The Morgan fingerprint density at radius 2 is 1.89 bits per heavy atom. The Morgan fingerprint density at radius 3 is 2.43 bits per heavy atom. The van der Waals surface area contributed by atoms with Crippen LogP contribution < -0.4 is 10.1 Å². The van der Waals surface area contributed by atoms with Gasteiger partial charge in [-0.15, -0.1) is 0 Å². The van der Waals surface area contributed by atoms with Gasteiger partial charge in [0.2, 0.25) is 0 Å². The summed E-state index contributed by atoms with van der Waals surface area (Å²) in [6, 6.07) is 10.6. The fourth-order valence-electron chi connectivity index (χ4n) is 4.40. The van der Waals surface area contributed by atoms with Crippen molar-refractivity contribution in [2.45, 2.75) is 46.8 Å². The van der Waals surface area contributed by atoms with E-state index in [1.54, 1.807) is 30.5 Å². The Labute approximate surface area is 170 Å².